The maximum atomic E-state index is 11.5. The zero-order valence-electron chi connectivity index (χ0n) is 10.5. The molecule has 7 nitrogen and oxygen atoms in total. The van der Waals surface area contributed by atoms with Crippen molar-refractivity contribution in [2.45, 2.75) is 18.9 Å². The molecular weight excluding hydrogens is 264 g/mol. The van der Waals surface area contributed by atoms with E-state index in [1.54, 1.807) is 24.5 Å². The van der Waals surface area contributed by atoms with Gasteiger partial charge in [-0.05, 0) is 24.1 Å². The lowest BCUT2D eigenvalue weighted by Crippen LogP contribution is -2.40. The zero-order chi connectivity index (χ0) is 15.0. The zero-order valence-corrected chi connectivity index (χ0v) is 10.5. The van der Waals surface area contributed by atoms with E-state index >= 15 is 0 Å². The van der Waals surface area contributed by atoms with E-state index in [1.807, 2.05) is 0 Å². The van der Waals surface area contributed by atoms with Crippen LogP contribution in [0.3, 0.4) is 0 Å². The van der Waals surface area contributed by atoms with Gasteiger partial charge in [-0.15, -0.1) is 0 Å². The Balaban J connectivity index is 2.56. The van der Waals surface area contributed by atoms with Crippen LogP contribution in [0, 0.1) is 0 Å². The van der Waals surface area contributed by atoms with Crippen molar-refractivity contribution >= 4 is 23.9 Å². The minimum atomic E-state index is -1.27. The van der Waals surface area contributed by atoms with Crippen LogP contribution in [-0.4, -0.2) is 39.1 Å². The molecule has 0 saturated heterocycles. The quantitative estimate of drug-likeness (QED) is 0.626. The number of aliphatic carboxylic acids is 2. The summed E-state index contributed by atoms with van der Waals surface area (Å²) in [5.74, 6) is -2.99. The third kappa shape index (κ3) is 5.76. The summed E-state index contributed by atoms with van der Waals surface area (Å²) in [7, 11) is 0. The molecule has 7 heteroatoms. The van der Waals surface area contributed by atoms with E-state index in [0.29, 0.717) is 5.56 Å². The first-order valence-corrected chi connectivity index (χ1v) is 5.82. The second-order valence-electron chi connectivity index (χ2n) is 3.95. The van der Waals surface area contributed by atoms with Gasteiger partial charge in [0, 0.05) is 24.9 Å². The fourth-order valence-electron chi connectivity index (χ4n) is 1.39. The van der Waals surface area contributed by atoms with Gasteiger partial charge in [0.2, 0.25) is 5.91 Å². The number of nitrogens with one attached hydrogen (secondary N) is 1. The van der Waals surface area contributed by atoms with E-state index in [2.05, 4.69) is 10.3 Å². The monoisotopic (exact) mass is 278 g/mol. The lowest BCUT2D eigenvalue weighted by Gasteiger charge is -2.11. The topological polar surface area (TPSA) is 117 Å². The number of pyridine rings is 1. The van der Waals surface area contributed by atoms with E-state index in [1.165, 1.54) is 12.2 Å². The van der Waals surface area contributed by atoms with Crippen LogP contribution in [-0.2, 0) is 14.4 Å². The summed E-state index contributed by atoms with van der Waals surface area (Å²) in [6.45, 7) is 0. The van der Waals surface area contributed by atoms with Crippen molar-refractivity contribution in [3.8, 4) is 0 Å². The van der Waals surface area contributed by atoms with Crippen molar-refractivity contribution in [2.75, 3.05) is 0 Å². The number of carbonyl (C=O) groups is 3. The van der Waals surface area contributed by atoms with E-state index in [0.717, 1.165) is 0 Å². The second-order valence-corrected chi connectivity index (χ2v) is 3.95. The van der Waals surface area contributed by atoms with Crippen LogP contribution in [0.4, 0.5) is 0 Å². The average Bonchev–Trinajstić information content (AvgIpc) is 2.41. The molecule has 0 bridgehead atoms. The van der Waals surface area contributed by atoms with Crippen molar-refractivity contribution in [3.05, 3.63) is 36.2 Å². The van der Waals surface area contributed by atoms with Gasteiger partial charge < -0.3 is 15.5 Å². The number of carboxylic acids is 2. The Hall–Kier alpha value is -2.70. The highest BCUT2D eigenvalue weighted by molar-refractivity contribution is 5.94. The fraction of sp³-hybridized carbons (Fsp3) is 0.231. The first-order valence-electron chi connectivity index (χ1n) is 5.82. The number of hydrogen-bond acceptors (Lipinski definition) is 4. The van der Waals surface area contributed by atoms with Gasteiger partial charge in [-0.2, -0.15) is 0 Å². The molecule has 20 heavy (non-hydrogen) atoms. The summed E-state index contributed by atoms with van der Waals surface area (Å²) in [6.07, 6.45) is 5.29. The molecule has 1 rings (SSSR count). The molecule has 106 valence electrons. The van der Waals surface area contributed by atoms with E-state index in [4.69, 9.17) is 10.2 Å². The minimum Gasteiger partial charge on any atom is -0.481 e. The van der Waals surface area contributed by atoms with Crippen LogP contribution in [0.15, 0.2) is 30.6 Å². The van der Waals surface area contributed by atoms with Gasteiger partial charge in [0.1, 0.15) is 6.04 Å². The molecule has 0 radical (unpaired) electrons. The summed E-state index contributed by atoms with van der Waals surface area (Å²) < 4.78 is 0. The van der Waals surface area contributed by atoms with Crippen LogP contribution >= 0.6 is 0 Å². The minimum absolute atomic E-state index is 0.170. The van der Waals surface area contributed by atoms with E-state index < -0.39 is 23.9 Å². The van der Waals surface area contributed by atoms with Crippen molar-refractivity contribution in [3.63, 3.8) is 0 Å². The lowest BCUT2D eigenvalue weighted by atomic mass is 10.1. The largest absolute Gasteiger partial charge is 0.481 e. The Kier molecular flexibility index (Phi) is 5.89. The van der Waals surface area contributed by atoms with Gasteiger partial charge in [-0.3, -0.25) is 14.6 Å². The van der Waals surface area contributed by atoms with Crippen molar-refractivity contribution < 1.29 is 24.6 Å². The van der Waals surface area contributed by atoms with Gasteiger partial charge >= 0.3 is 11.9 Å². The molecule has 1 atom stereocenters. The Morgan fingerprint density at radius 3 is 2.65 bits per heavy atom. The van der Waals surface area contributed by atoms with Crippen LogP contribution < -0.4 is 5.32 Å². The lowest BCUT2D eigenvalue weighted by molar-refractivity contribution is -0.142. The van der Waals surface area contributed by atoms with Gasteiger partial charge in [0.25, 0.3) is 0 Å². The molecule has 0 aromatic carbocycles. The highest BCUT2D eigenvalue weighted by Crippen LogP contribution is 2.01. The van der Waals surface area contributed by atoms with Crippen molar-refractivity contribution in [1.82, 2.24) is 10.3 Å². The van der Waals surface area contributed by atoms with Gasteiger partial charge in [0.05, 0.1) is 0 Å². The third-order valence-electron chi connectivity index (χ3n) is 2.37. The molecule has 0 spiro atoms. The van der Waals surface area contributed by atoms with Gasteiger partial charge in [0.15, 0.2) is 0 Å². The normalized spacial score (nSPS) is 12.0. The second kappa shape index (κ2) is 7.67. The predicted octanol–water partition coefficient (Wildman–Crippen LogP) is 0.529. The van der Waals surface area contributed by atoms with Crippen molar-refractivity contribution in [2.24, 2.45) is 0 Å². The summed E-state index contributed by atoms with van der Waals surface area (Å²) in [4.78, 5) is 36.7. The number of carbonyl (C=O) groups excluding carboxylic acids is 1. The SMILES string of the molecule is O=C(O)CC[C@H](NC(=O)/C=C/c1cccnc1)C(=O)O. The van der Waals surface area contributed by atoms with Crippen LogP contribution in [0.2, 0.25) is 0 Å². The molecule has 0 aliphatic carbocycles. The number of hydrogen-bond donors (Lipinski definition) is 3. The summed E-state index contributed by atoms with van der Waals surface area (Å²) in [5.41, 5.74) is 0.695. The standard InChI is InChI=1S/C13H14N2O5/c16-11(5-3-9-2-1-7-14-8-9)15-10(13(19)20)4-6-12(17)18/h1-3,5,7-8,10H,4,6H2,(H,15,16)(H,17,18)(H,19,20)/b5-3+/t10-/m0/s1. The molecule has 0 aliphatic heterocycles. The van der Waals surface area contributed by atoms with Crippen LogP contribution in [0.5, 0.6) is 0 Å². The molecule has 1 amide bonds. The summed E-state index contributed by atoms with van der Waals surface area (Å²) in [6, 6.07) is 2.21. The molecule has 0 saturated carbocycles. The van der Waals surface area contributed by atoms with Crippen molar-refractivity contribution in [1.29, 1.82) is 0 Å². The molecule has 1 aromatic rings. The Bertz CT molecular complexity index is 513. The maximum Gasteiger partial charge on any atom is 0.326 e. The number of nitrogens with zero attached hydrogens (tertiary/aromatic N) is 1. The number of carboxylic acid groups (broad SMARTS) is 2. The van der Waals surface area contributed by atoms with Gasteiger partial charge in [-0.25, -0.2) is 4.79 Å². The summed E-state index contributed by atoms with van der Waals surface area (Å²) >= 11 is 0. The first-order chi connectivity index (χ1) is 9.49. The first kappa shape index (κ1) is 15.4. The van der Waals surface area contributed by atoms with Crippen LogP contribution in [0.1, 0.15) is 18.4 Å². The van der Waals surface area contributed by atoms with E-state index in [-0.39, 0.29) is 12.8 Å². The summed E-state index contributed by atoms with van der Waals surface area (Å²) in [5, 5.41) is 19.6. The maximum absolute atomic E-state index is 11.5. The molecule has 1 heterocycles. The Morgan fingerprint density at radius 1 is 1.35 bits per heavy atom. The molecule has 0 unspecified atom stereocenters. The molecule has 3 N–H and O–H groups in total. The molecule has 0 fully saturated rings. The highest BCUT2D eigenvalue weighted by atomic mass is 16.4. The smallest absolute Gasteiger partial charge is 0.326 e. The van der Waals surface area contributed by atoms with Gasteiger partial charge in [-0.1, -0.05) is 6.07 Å². The average molecular weight is 278 g/mol. The Labute approximate surface area is 115 Å². The van der Waals surface area contributed by atoms with Crippen LogP contribution in [0.25, 0.3) is 6.08 Å². The number of amides is 1. The Morgan fingerprint density at radius 2 is 2.10 bits per heavy atom. The third-order valence-corrected chi connectivity index (χ3v) is 2.37. The molecular formula is C13H14N2O5. The van der Waals surface area contributed by atoms with E-state index in [9.17, 15) is 14.4 Å². The molecule has 1 aromatic heterocycles. The highest BCUT2D eigenvalue weighted by Gasteiger charge is 2.19. The fourth-order valence-corrected chi connectivity index (χ4v) is 1.39. The number of aromatic nitrogens is 1. The predicted molar refractivity (Wildman–Crippen MR) is 69.7 cm³/mol. The molecule has 0 aliphatic rings. The number of rotatable bonds is 7.